The van der Waals surface area contributed by atoms with E-state index in [9.17, 15) is 16.8 Å². The fraction of sp³-hybridized carbons (Fsp3) is 0. The molecule has 11 heteroatoms. The van der Waals surface area contributed by atoms with Gasteiger partial charge in [0.05, 0.1) is 17.1 Å². The van der Waals surface area contributed by atoms with Gasteiger partial charge in [0.1, 0.15) is 0 Å². The molecule has 0 saturated heterocycles. The minimum absolute atomic E-state index is 0.0645. The fourth-order valence-electron chi connectivity index (χ4n) is 1.01. The van der Waals surface area contributed by atoms with Gasteiger partial charge in [0.15, 0.2) is 0 Å². The molecule has 0 aliphatic heterocycles. The first-order valence-electron chi connectivity index (χ1n) is 3.92. The lowest BCUT2D eigenvalue weighted by atomic mass is 10.2. The van der Waals surface area contributed by atoms with Crippen molar-refractivity contribution < 1.29 is 16.8 Å². The molecular weight excluding hydrogens is 313 g/mol. The summed E-state index contributed by atoms with van der Waals surface area (Å²) in [6.45, 7) is 0. The van der Waals surface area contributed by atoms with Crippen LogP contribution in [0.4, 0.5) is 17.1 Å². The minimum Gasteiger partial charge on any atom is -0.395 e. The van der Waals surface area contributed by atoms with Crippen LogP contribution in [0.3, 0.4) is 0 Å². The zero-order chi connectivity index (χ0) is 13.3. The molecule has 0 aliphatic carbocycles. The van der Waals surface area contributed by atoms with E-state index in [0.29, 0.717) is 0 Å². The molecule has 0 unspecified atom stereocenters. The Morgan fingerprint density at radius 2 is 1.29 bits per heavy atom. The molecule has 0 aliphatic rings. The number of nitrogen functional groups attached to an aromatic ring is 1. The number of hydrogen-bond acceptors (Lipinski definition) is 5. The second-order valence-electron chi connectivity index (χ2n) is 2.85. The first-order chi connectivity index (χ1) is 7.58. The van der Waals surface area contributed by atoms with Gasteiger partial charge in [-0.15, -0.1) is 0 Å². The molecule has 1 aromatic rings. The Bertz CT molecular complexity index is 576. The lowest BCUT2D eigenvalue weighted by molar-refractivity contribution is 0.612. The maximum absolute atomic E-state index is 10.8. The molecular formula is C6H7Cl2N3O4S2. The van der Waals surface area contributed by atoms with Crippen LogP contribution in [0.25, 0.3) is 0 Å². The number of rotatable bonds is 4. The molecule has 7 nitrogen and oxygen atoms in total. The lowest BCUT2D eigenvalue weighted by Gasteiger charge is -2.10. The van der Waals surface area contributed by atoms with E-state index in [4.69, 9.17) is 27.1 Å². The largest absolute Gasteiger partial charge is 0.395 e. The lowest BCUT2D eigenvalue weighted by Crippen LogP contribution is -2.10. The van der Waals surface area contributed by atoms with Crippen LogP contribution in [0.2, 0.25) is 0 Å². The second-order valence-corrected chi connectivity index (χ2v) is 7.44. The molecule has 0 heterocycles. The van der Waals surface area contributed by atoms with Crippen LogP contribution in [0.1, 0.15) is 0 Å². The monoisotopic (exact) mass is 319 g/mol. The highest BCUT2D eigenvalue weighted by atomic mass is 35.7. The van der Waals surface area contributed by atoms with E-state index in [1.807, 2.05) is 9.44 Å². The third-order valence-corrected chi connectivity index (χ3v) is 2.96. The highest BCUT2D eigenvalue weighted by Crippen LogP contribution is 2.29. The van der Waals surface area contributed by atoms with Gasteiger partial charge in [0.25, 0.3) is 0 Å². The molecule has 1 rings (SSSR count). The van der Waals surface area contributed by atoms with Crippen molar-refractivity contribution in [3.8, 4) is 0 Å². The smallest absolute Gasteiger partial charge is 0.319 e. The van der Waals surface area contributed by atoms with Crippen LogP contribution in [0.5, 0.6) is 0 Å². The van der Waals surface area contributed by atoms with Crippen molar-refractivity contribution in [1.82, 2.24) is 0 Å². The number of halogens is 2. The fourth-order valence-corrected chi connectivity index (χ4v) is 2.39. The van der Waals surface area contributed by atoms with Crippen LogP contribution in [0, 0.1) is 0 Å². The Hall–Kier alpha value is -0.900. The van der Waals surface area contributed by atoms with Crippen molar-refractivity contribution >= 4 is 56.9 Å². The van der Waals surface area contributed by atoms with Gasteiger partial charge in [-0.25, -0.2) is 0 Å². The highest BCUT2D eigenvalue weighted by molar-refractivity contribution is 8.15. The van der Waals surface area contributed by atoms with Crippen LogP contribution in [-0.4, -0.2) is 16.8 Å². The van der Waals surface area contributed by atoms with Crippen molar-refractivity contribution in [3.63, 3.8) is 0 Å². The van der Waals surface area contributed by atoms with Crippen LogP contribution in [-0.2, 0) is 18.5 Å². The zero-order valence-corrected chi connectivity index (χ0v) is 11.2. The molecule has 0 aromatic heterocycles. The summed E-state index contributed by atoms with van der Waals surface area (Å²) < 4.78 is 47.0. The number of benzene rings is 1. The summed E-state index contributed by atoms with van der Waals surface area (Å²) in [5.41, 5.74) is 5.25. The highest BCUT2D eigenvalue weighted by Gasteiger charge is 2.13. The normalized spacial score (nSPS) is 12.1. The number of nitrogens with one attached hydrogen (secondary N) is 2. The Labute approximate surface area is 107 Å². The van der Waals surface area contributed by atoms with Crippen LogP contribution in [0.15, 0.2) is 18.2 Å². The summed E-state index contributed by atoms with van der Waals surface area (Å²) in [6, 6.07) is 3.98. The molecule has 0 fully saturated rings. The number of nitrogens with two attached hydrogens (primary N) is 1. The maximum atomic E-state index is 10.8. The van der Waals surface area contributed by atoms with Crippen molar-refractivity contribution in [2.45, 2.75) is 0 Å². The van der Waals surface area contributed by atoms with Crippen molar-refractivity contribution in [1.29, 1.82) is 0 Å². The van der Waals surface area contributed by atoms with E-state index in [1.54, 1.807) is 0 Å². The molecule has 0 radical (unpaired) electrons. The van der Waals surface area contributed by atoms with Gasteiger partial charge >= 0.3 is 18.5 Å². The van der Waals surface area contributed by atoms with E-state index in [0.717, 1.165) is 0 Å². The van der Waals surface area contributed by atoms with Crippen LogP contribution >= 0.6 is 21.4 Å². The number of hydrogen-bond donors (Lipinski definition) is 3. The predicted molar refractivity (Wildman–Crippen MR) is 67.6 cm³/mol. The van der Waals surface area contributed by atoms with Gasteiger partial charge in [-0.1, -0.05) is 6.07 Å². The van der Waals surface area contributed by atoms with E-state index in [2.05, 4.69) is 0 Å². The average molecular weight is 320 g/mol. The Balaban J connectivity index is 3.16. The van der Waals surface area contributed by atoms with Crippen molar-refractivity contribution in [2.24, 2.45) is 0 Å². The average Bonchev–Trinajstić information content (AvgIpc) is 2.07. The standard InChI is InChI=1S/C6H7Cl2N3O4S2/c7-16(12,13)10-4-2-1-3-5(6(4)9)11-17(8,14)15/h1-3,10-11H,9H2. The third-order valence-electron chi connectivity index (χ3n) is 1.57. The van der Waals surface area contributed by atoms with Gasteiger partial charge in [0, 0.05) is 21.4 Å². The topological polar surface area (TPSA) is 118 Å². The summed E-state index contributed by atoms with van der Waals surface area (Å²) in [5, 5.41) is 0. The zero-order valence-electron chi connectivity index (χ0n) is 8.01. The Kier molecular flexibility index (Phi) is 3.97. The van der Waals surface area contributed by atoms with Gasteiger partial charge in [0.2, 0.25) is 0 Å². The van der Waals surface area contributed by atoms with Crippen molar-refractivity contribution in [3.05, 3.63) is 18.2 Å². The summed E-state index contributed by atoms with van der Waals surface area (Å²) >= 11 is 0. The molecule has 0 saturated carbocycles. The number of anilines is 3. The third kappa shape index (κ3) is 4.86. The van der Waals surface area contributed by atoms with E-state index in [-0.39, 0.29) is 17.1 Å². The van der Waals surface area contributed by atoms with Crippen molar-refractivity contribution in [2.75, 3.05) is 15.2 Å². The first-order valence-corrected chi connectivity index (χ1v) is 8.53. The molecule has 1 aromatic carbocycles. The van der Waals surface area contributed by atoms with E-state index in [1.165, 1.54) is 18.2 Å². The molecule has 0 atom stereocenters. The predicted octanol–water partition coefficient (Wildman–Crippen LogP) is 1.06. The molecule has 17 heavy (non-hydrogen) atoms. The van der Waals surface area contributed by atoms with Crippen LogP contribution < -0.4 is 15.2 Å². The SMILES string of the molecule is Nc1c(NS(=O)(=O)Cl)cccc1NS(=O)(=O)Cl. The molecule has 0 spiro atoms. The first kappa shape index (κ1) is 14.2. The summed E-state index contributed by atoms with van der Waals surface area (Å²) in [7, 11) is 1.88. The minimum atomic E-state index is -4.03. The Morgan fingerprint density at radius 1 is 0.941 bits per heavy atom. The summed E-state index contributed by atoms with van der Waals surface area (Å²) in [5.74, 6) is 0. The summed E-state index contributed by atoms with van der Waals surface area (Å²) in [4.78, 5) is 0. The van der Waals surface area contributed by atoms with E-state index >= 15 is 0 Å². The van der Waals surface area contributed by atoms with Gasteiger partial charge < -0.3 is 5.73 Å². The summed E-state index contributed by atoms with van der Waals surface area (Å²) in [6.07, 6.45) is 0. The molecule has 96 valence electrons. The number of para-hydroxylation sites is 1. The quantitative estimate of drug-likeness (QED) is 0.566. The molecule has 4 N–H and O–H groups in total. The molecule has 0 bridgehead atoms. The van der Waals surface area contributed by atoms with Gasteiger partial charge in [-0.2, -0.15) is 16.8 Å². The van der Waals surface area contributed by atoms with E-state index < -0.39 is 18.5 Å². The second kappa shape index (κ2) is 4.77. The van der Waals surface area contributed by atoms with Gasteiger partial charge in [-0.3, -0.25) is 9.44 Å². The van der Waals surface area contributed by atoms with Gasteiger partial charge in [-0.05, 0) is 12.1 Å². The molecule has 0 amide bonds. The Morgan fingerprint density at radius 3 is 1.59 bits per heavy atom. The maximum Gasteiger partial charge on any atom is 0.319 e.